The summed E-state index contributed by atoms with van der Waals surface area (Å²) in [6, 6.07) is 14.4. The smallest absolute Gasteiger partial charge is 0.310 e. The summed E-state index contributed by atoms with van der Waals surface area (Å²) < 4.78 is 23.7. The summed E-state index contributed by atoms with van der Waals surface area (Å²) in [5, 5.41) is 22.6. The quantitative estimate of drug-likeness (QED) is 0.227. The van der Waals surface area contributed by atoms with Crippen LogP contribution in [0.5, 0.6) is 5.75 Å². The maximum atomic E-state index is 13.6. The lowest BCUT2D eigenvalue weighted by Crippen LogP contribution is -2.29. The molecule has 10 nitrogen and oxygen atoms in total. The van der Waals surface area contributed by atoms with Crippen LogP contribution in [0.4, 0.5) is 15.9 Å². The van der Waals surface area contributed by atoms with E-state index in [2.05, 4.69) is 25.5 Å². The average Bonchev–Trinajstić information content (AvgIpc) is 3.57. The van der Waals surface area contributed by atoms with Gasteiger partial charge in [-0.3, -0.25) is 14.5 Å². The minimum absolute atomic E-state index is 0.0102. The Morgan fingerprint density at radius 2 is 2.00 bits per heavy atom. The van der Waals surface area contributed by atoms with E-state index in [1.807, 2.05) is 41.2 Å². The molecule has 3 aromatic heterocycles. The molecule has 2 aromatic carbocycles. The lowest BCUT2D eigenvalue weighted by atomic mass is 9.92. The summed E-state index contributed by atoms with van der Waals surface area (Å²) >= 11 is 0. The number of carboxylic acids is 1. The van der Waals surface area contributed by atoms with E-state index in [0.717, 1.165) is 59.1 Å². The zero-order chi connectivity index (χ0) is 29.3. The van der Waals surface area contributed by atoms with Crippen molar-refractivity contribution in [2.45, 2.75) is 52.2 Å². The number of anilines is 2. The van der Waals surface area contributed by atoms with E-state index in [1.54, 1.807) is 30.6 Å². The van der Waals surface area contributed by atoms with Crippen LogP contribution in [0.1, 0.15) is 45.1 Å². The molecule has 42 heavy (non-hydrogen) atoms. The van der Waals surface area contributed by atoms with E-state index in [1.165, 1.54) is 18.5 Å². The van der Waals surface area contributed by atoms with Crippen LogP contribution in [-0.2, 0) is 11.3 Å². The van der Waals surface area contributed by atoms with Gasteiger partial charge in [0.2, 0.25) is 0 Å². The van der Waals surface area contributed by atoms with E-state index in [-0.39, 0.29) is 18.5 Å². The van der Waals surface area contributed by atoms with Gasteiger partial charge in [-0.25, -0.2) is 13.9 Å². The summed E-state index contributed by atoms with van der Waals surface area (Å²) in [6.45, 7) is 4.14. The first-order valence-electron chi connectivity index (χ1n) is 14.0. The molecule has 2 N–H and O–H groups in total. The summed E-state index contributed by atoms with van der Waals surface area (Å²) in [5.74, 6) is 0.205. The summed E-state index contributed by atoms with van der Waals surface area (Å²) in [7, 11) is 0. The third kappa shape index (κ3) is 5.81. The molecular formula is C31H32FN7O3. The number of nitrogens with one attached hydrogen (secondary N) is 1. The molecule has 1 saturated carbocycles. The predicted octanol–water partition coefficient (Wildman–Crippen LogP) is 5.88. The van der Waals surface area contributed by atoms with Crippen molar-refractivity contribution in [1.29, 1.82) is 0 Å². The van der Waals surface area contributed by atoms with Crippen LogP contribution in [0.15, 0.2) is 72.2 Å². The van der Waals surface area contributed by atoms with Crippen molar-refractivity contribution in [2.24, 2.45) is 10.4 Å². The summed E-state index contributed by atoms with van der Waals surface area (Å²) in [5.41, 5.74) is 3.53. The molecule has 1 aliphatic carbocycles. The third-order valence-electron chi connectivity index (χ3n) is 7.62. The second kappa shape index (κ2) is 11.2. The number of rotatable bonds is 9. The number of halogens is 1. The molecule has 0 spiro atoms. The van der Waals surface area contributed by atoms with Gasteiger partial charge in [0.1, 0.15) is 17.7 Å². The van der Waals surface area contributed by atoms with Gasteiger partial charge in [0.15, 0.2) is 11.6 Å². The highest BCUT2D eigenvalue weighted by Gasteiger charge is 2.28. The molecule has 0 aliphatic heterocycles. The van der Waals surface area contributed by atoms with E-state index in [0.29, 0.717) is 18.1 Å². The Balaban J connectivity index is 1.15. The topological polar surface area (TPSA) is 119 Å². The Morgan fingerprint density at radius 3 is 2.79 bits per heavy atom. The van der Waals surface area contributed by atoms with Gasteiger partial charge in [0.05, 0.1) is 36.3 Å². The number of aromatic nitrogens is 5. The summed E-state index contributed by atoms with van der Waals surface area (Å²) in [4.78, 5) is 20.5. The van der Waals surface area contributed by atoms with Crippen molar-refractivity contribution in [3.63, 3.8) is 0 Å². The number of aliphatic carboxylic acids is 1. The average molecular weight is 570 g/mol. The van der Waals surface area contributed by atoms with Gasteiger partial charge in [-0.2, -0.15) is 10.2 Å². The Hall–Kier alpha value is -4.80. The molecule has 1 fully saturated rings. The molecule has 0 atom stereocenters. The van der Waals surface area contributed by atoms with Crippen LogP contribution in [-0.4, -0.2) is 53.8 Å². The largest absolute Gasteiger partial charge is 0.488 e. The van der Waals surface area contributed by atoms with Gasteiger partial charge in [-0.05, 0) is 75.4 Å². The van der Waals surface area contributed by atoms with E-state index >= 15 is 0 Å². The minimum atomic E-state index is -0.872. The highest BCUT2D eigenvalue weighted by atomic mass is 19.1. The van der Waals surface area contributed by atoms with Gasteiger partial charge in [0.25, 0.3) is 0 Å². The molecule has 0 saturated heterocycles. The van der Waals surface area contributed by atoms with Crippen LogP contribution < -0.4 is 10.1 Å². The number of carbonyl (C=O) groups is 1. The second-order valence-electron chi connectivity index (χ2n) is 11.3. The molecule has 0 unspecified atom stereocenters. The molecule has 11 heteroatoms. The molecule has 0 amide bonds. The number of ether oxygens (including phenoxy) is 1. The molecule has 216 valence electrons. The van der Waals surface area contributed by atoms with Crippen molar-refractivity contribution in [2.75, 3.05) is 11.9 Å². The zero-order valence-corrected chi connectivity index (χ0v) is 23.5. The van der Waals surface area contributed by atoms with Crippen LogP contribution in [0.3, 0.4) is 0 Å². The van der Waals surface area contributed by atoms with Gasteiger partial charge in [0, 0.05) is 29.0 Å². The molecule has 0 radical (unpaired) electrons. The first-order valence-corrected chi connectivity index (χ1v) is 14.0. The van der Waals surface area contributed by atoms with E-state index in [4.69, 9.17) is 4.74 Å². The monoisotopic (exact) mass is 569 g/mol. The second-order valence-corrected chi connectivity index (χ2v) is 11.3. The number of hydrogen-bond donors (Lipinski definition) is 2. The number of benzene rings is 2. The molecule has 5 aromatic rings. The Kier molecular flexibility index (Phi) is 7.32. The first-order chi connectivity index (χ1) is 20.2. The van der Waals surface area contributed by atoms with Gasteiger partial charge < -0.3 is 15.2 Å². The van der Waals surface area contributed by atoms with Gasteiger partial charge >= 0.3 is 5.97 Å². The predicted molar refractivity (Wildman–Crippen MR) is 158 cm³/mol. The Labute approximate surface area is 241 Å². The number of nitrogens with zero attached hydrogens (tertiary/aromatic N) is 6. The highest BCUT2D eigenvalue weighted by molar-refractivity contribution is 5.87. The molecule has 6 rings (SSSR count). The van der Waals surface area contributed by atoms with Gasteiger partial charge in [-0.15, -0.1) is 0 Å². The fourth-order valence-corrected chi connectivity index (χ4v) is 5.11. The number of aliphatic imine (C=N–C) groups is 1. The maximum Gasteiger partial charge on any atom is 0.310 e. The van der Waals surface area contributed by atoms with Crippen LogP contribution in [0.25, 0.3) is 16.4 Å². The van der Waals surface area contributed by atoms with Crippen molar-refractivity contribution in [3.8, 4) is 5.75 Å². The normalized spacial score (nSPS) is 15.7. The lowest BCUT2D eigenvalue weighted by Gasteiger charge is -2.25. The van der Waals surface area contributed by atoms with Crippen molar-refractivity contribution in [1.82, 2.24) is 24.4 Å². The number of carboxylic acid groups (broad SMARTS) is 1. The lowest BCUT2D eigenvalue weighted by molar-refractivity contribution is -0.146. The summed E-state index contributed by atoms with van der Waals surface area (Å²) in [6.07, 6.45) is 8.31. The molecule has 0 bridgehead atoms. The molecular weight excluding hydrogens is 537 g/mol. The van der Waals surface area contributed by atoms with Crippen molar-refractivity contribution >= 4 is 39.6 Å². The minimum Gasteiger partial charge on any atom is -0.488 e. The SMILES string of the molecule is CC(C)(CN=C1CCC(Oc2ccn3ncnc(Nc4ccc5c(cnn5Cc5cccc(F)c5)c4)c23)CC1)C(=O)O. The van der Waals surface area contributed by atoms with Crippen molar-refractivity contribution in [3.05, 3.63) is 78.6 Å². The van der Waals surface area contributed by atoms with Crippen LogP contribution in [0, 0.1) is 11.2 Å². The molecule has 3 heterocycles. The number of hydrogen-bond acceptors (Lipinski definition) is 7. The fraction of sp³-hybridized carbons (Fsp3) is 0.323. The van der Waals surface area contributed by atoms with E-state index in [9.17, 15) is 14.3 Å². The van der Waals surface area contributed by atoms with Crippen molar-refractivity contribution < 1.29 is 19.0 Å². The van der Waals surface area contributed by atoms with E-state index < -0.39 is 11.4 Å². The Morgan fingerprint density at radius 1 is 1.17 bits per heavy atom. The fourth-order valence-electron chi connectivity index (χ4n) is 5.11. The van der Waals surface area contributed by atoms with Crippen LogP contribution >= 0.6 is 0 Å². The third-order valence-corrected chi connectivity index (χ3v) is 7.62. The van der Waals surface area contributed by atoms with Crippen LogP contribution in [0.2, 0.25) is 0 Å². The Bertz CT molecular complexity index is 1780. The maximum absolute atomic E-state index is 13.6. The zero-order valence-electron chi connectivity index (χ0n) is 23.5. The first kappa shape index (κ1) is 27.4. The molecule has 1 aliphatic rings. The number of fused-ring (bicyclic) bond motifs is 2. The standard InChI is InChI=1S/C31H32FN7O3/c1-31(2,30(40)41)18-33-23-6-9-25(10-7-23)42-27-12-13-38-28(27)29(34-19-36-38)37-24-8-11-26-21(15-24)16-35-39(26)17-20-4-3-5-22(32)14-20/h3-5,8,11-16,19,25H,6-7,9-10,17-18H2,1-2H3,(H,40,41)(H,34,36,37). The van der Waals surface area contributed by atoms with Gasteiger partial charge in [-0.1, -0.05) is 12.1 Å². The highest BCUT2D eigenvalue weighted by Crippen LogP contribution is 2.32.